The maximum absolute atomic E-state index is 9.44. The second-order valence-electron chi connectivity index (χ2n) is 4.83. The number of hydrogen-bond donors (Lipinski definition) is 3. The van der Waals surface area contributed by atoms with Crippen LogP contribution in [0.4, 0.5) is 0 Å². The molecule has 17 heavy (non-hydrogen) atoms. The zero-order chi connectivity index (χ0) is 12.4. The number of phenolic OH excluding ortho intramolecular Hbond substituents is 2. The summed E-state index contributed by atoms with van der Waals surface area (Å²) < 4.78 is 5.78. The summed E-state index contributed by atoms with van der Waals surface area (Å²) >= 11 is 0. The van der Waals surface area contributed by atoms with E-state index in [2.05, 4.69) is 19.2 Å². The van der Waals surface area contributed by atoms with Crippen LogP contribution in [-0.2, 0) is 4.74 Å². The van der Waals surface area contributed by atoms with Crippen molar-refractivity contribution in [3.05, 3.63) is 23.8 Å². The van der Waals surface area contributed by atoms with Gasteiger partial charge in [-0.3, -0.25) is 0 Å². The molecule has 0 radical (unpaired) electrons. The molecular formula is C13H19NO3. The lowest BCUT2D eigenvalue weighted by molar-refractivity contribution is -0.00722. The summed E-state index contributed by atoms with van der Waals surface area (Å²) in [6, 6.07) is 5.20. The van der Waals surface area contributed by atoms with Crippen molar-refractivity contribution in [1.29, 1.82) is 0 Å². The number of aromatic hydroxyl groups is 2. The normalized spacial score (nSPS) is 25.1. The first-order valence-electron chi connectivity index (χ1n) is 5.95. The van der Waals surface area contributed by atoms with E-state index < -0.39 is 0 Å². The van der Waals surface area contributed by atoms with E-state index in [0.29, 0.717) is 18.6 Å². The summed E-state index contributed by atoms with van der Waals surface area (Å²) in [5, 5.41) is 22.1. The number of phenols is 2. The second-order valence-corrected chi connectivity index (χ2v) is 4.83. The first-order valence-corrected chi connectivity index (χ1v) is 5.95. The molecule has 0 amide bonds. The number of benzene rings is 1. The molecule has 1 saturated heterocycles. The van der Waals surface area contributed by atoms with Crippen molar-refractivity contribution >= 4 is 0 Å². The average molecular weight is 237 g/mol. The third-order valence-electron chi connectivity index (χ3n) is 3.22. The fourth-order valence-corrected chi connectivity index (χ4v) is 1.98. The molecule has 3 N–H and O–H groups in total. The van der Waals surface area contributed by atoms with Gasteiger partial charge in [0.2, 0.25) is 0 Å². The minimum Gasteiger partial charge on any atom is -0.504 e. The van der Waals surface area contributed by atoms with E-state index in [4.69, 9.17) is 4.74 Å². The average Bonchev–Trinajstić information content (AvgIpc) is 2.33. The van der Waals surface area contributed by atoms with Crippen molar-refractivity contribution < 1.29 is 14.9 Å². The van der Waals surface area contributed by atoms with Crippen LogP contribution in [0.5, 0.6) is 11.5 Å². The Morgan fingerprint density at radius 3 is 2.59 bits per heavy atom. The summed E-state index contributed by atoms with van der Waals surface area (Å²) in [4.78, 5) is 0. The van der Waals surface area contributed by atoms with Crippen molar-refractivity contribution in [3.63, 3.8) is 0 Å². The zero-order valence-corrected chi connectivity index (χ0v) is 10.2. The molecule has 0 aliphatic carbocycles. The van der Waals surface area contributed by atoms with Gasteiger partial charge in [0, 0.05) is 12.6 Å². The highest BCUT2D eigenvalue weighted by molar-refractivity contribution is 5.41. The van der Waals surface area contributed by atoms with Crippen molar-refractivity contribution in [2.75, 3.05) is 13.2 Å². The summed E-state index contributed by atoms with van der Waals surface area (Å²) in [7, 11) is 0. The quantitative estimate of drug-likeness (QED) is 0.686. The van der Waals surface area contributed by atoms with E-state index in [-0.39, 0.29) is 17.6 Å². The van der Waals surface area contributed by atoms with Gasteiger partial charge in [-0.05, 0) is 23.6 Å². The number of hydrogen-bond acceptors (Lipinski definition) is 4. The summed E-state index contributed by atoms with van der Waals surface area (Å²) in [6.07, 6.45) is -0.0588. The lowest BCUT2D eigenvalue weighted by Gasteiger charge is -2.32. The molecule has 1 heterocycles. The zero-order valence-electron chi connectivity index (χ0n) is 10.2. The SMILES string of the molecule is CC(C)C1COC(c2ccc(O)c(O)c2)CN1. The van der Waals surface area contributed by atoms with Crippen molar-refractivity contribution in [2.24, 2.45) is 5.92 Å². The fourth-order valence-electron chi connectivity index (χ4n) is 1.98. The standard InChI is InChI=1S/C13H19NO3/c1-8(2)10-7-17-13(6-14-10)9-3-4-11(15)12(16)5-9/h3-5,8,10,13-16H,6-7H2,1-2H3. The molecule has 2 rings (SSSR count). The molecule has 1 aliphatic rings. The maximum Gasteiger partial charge on any atom is 0.157 e. The molecule has 1 aromatic rings. The van der Waals surface area contributed by atoms with Gasteiger partial charge in [0.25, 0.3) is 0 Å². The molecule has 0 spiro atoms. The van der Waals surface area contributed by atoms with E-state index in [1.54, 1.807) is 12.1 Å². The monoisotopic (exact) mass is 237 g/mol. The largest absolute Gasteiger partial charge is 0.504 e. The van der Waals surface area contributed by atoms with Crippen LogP contribution in [0.25, 0.3) is 0 Å². The number of ether oxygens (including phenoxy) is 1. The smallest absolute Gasteiger partial charge is 0.157 e. The summed E-state index contributed by atoms with van der Waals surface area (Å²) in [6.45, 7) is 5.72. The van der Waals surface area contributed by atoms with E-state index in [9.17, 15) is 10.2 Å². The molecule has 0 bridgehead atoms. The van der Waals surface area contributed by atoms with Gasteiger partial charge in [0.05, 0.1) is 12.7 Å². The lowest BCUT2D eigenvalue weighted by atomic mass is 10.0. The number of nitrogens with one attached hydrogen (secondary N) is 1. The van der Waals surface area contributed by atoms with Gasteiger partial charge < -0.3 is 20.3 Å². The first kappa shape index (κ1) is 12.2. The highest BCUT2D eigenvalue weighted by Crippen LogP contribution is 2.30. The maximum atomic E-state index is 9.44. The highest BCUT2D eigenvalue weighted by atomic mass is 16.5. The predicted molar refractivity (Wildman–Crippen MR) is 65.1 cm³/mol. The third kappa shape index (κ3) is 2.70. The third-order valence-corrected chi connectivity index (χ3v) is 3.22. The summed E-state index contributed by atoms with van der Waals surface area (Å²) in [5.74, 6) is 0.346. The molecule has 4 nitrogen and oxygen atoms in total. The number of morpholine rings is 1. The van der Waals surface area contributed by atoms with Gasteiger partial charge in [-0.25, -0.2) is 0 Å². The molecule has 2 atom stereocenters. The topological polar surface area (TPSA) is 61.7 Å². The fraction of sp³-hybridized carbons (Fsp3) is 0.538. The van der Waals surface area contributed by atoms with Crippen LogP contribution in [0, 0.1) is 5.92 Å². The van der Waals surface area contributed by atoms with E-state index >= 15 is 0 Å². The Morgan fingerprint density at radius 2 is 2.06 bits per heavy atom. The van der Waals surface area contributed by atoms with Crippen LogP contribution in [0.1, 0.15) is 25.5 Å². The molecule has 2 unspecified atom stereocenters. The molecule has 1 fully saturated rings. The van der Waals surface area contributed by atoms with Gasteiger partial charge in [0.15, 0.2) is 11.5 Å². The molecule has 0 saturated carbocycles. The Morgan fingerprint density at radius 1 is 1.29 bits per heavy atom. The van der Waals surface area contributed by atoms with Gasteiger partial charge in [0.1, 0.15) is 0 Å². The van der Waals surface area contributed by atoms with Crippen molar-refractivity contribution in [2.45, 2.75) is 26.0 Å². The Bertz CT molecular complexity index is 384. The van der Waals surface area contributed by atoms with Crippen LogP contribution in [0.3, 0.4) is 0 Å². The molecule has 0 aromatic heterocycles. The van der Waals surface area contributed by atoms with Gasteiger partial charge in [-0.1, -0.05) is 19.9 Å². The van der Waals surface area contributed by atoms with Gasteiger partial charge in [-0.2, -0.15) is 0 Å². The lowest BCUT2D eigenvalue weighted by Crippen LogP contribution is -2.45. The Hall–Kier alpha value is -1.26. The number of rotatable bonds is 2. The van der Waals surface area contributed by atoms with Crippen LogP contribution < -0.4 is 5.32 Å². The molecule has 1 aliphatic heterocycles. The Kier molecular flexibility index (Phi) is 3.54. The van der Waals surface area contributed by atoms with E-state index in [1.165, 1.54) is 6.07 Å². The summed E-state index contributed by atoms with van der Waals surface area (Å²) in [5.41, 5.74) is 0.884. The molecule has 4 heteroatoms. The predicted octanol–water partition coefficient (Wildman–Crippen LogP) is 1.78. The van der Waals surface area contributed by atoms with Gasteiger partial charge in [-0.15, -0.1) is 0 Å². The minimum absolute atomic E-state index is 0.0588. The van der Waals surface area contributed by atoms with Crippen LogP contribution >= 0.6 is 0 Å². The van der Waals surface area contributed by atoms with Crippen LogP contribution in [-0.4, -0.2) is 29.4 Å². The van der Waals surface area contributed by atoms with E-state index in [0.717, 1.165) is 12.1 Å². The van der Waals surface area contributed by atoms with Gasteiger partial charge >= 0.3 is 0 Å². The Balaban J connectivity index is 2.03. The van der Waals surface area contributed by atoms with E-state index in [1.807, 2.05) is 0 Å². The molecule has 94 valence electrons. The molecular weight excluding hydrogens is 218 g/mol. The first-order chi connectivity index (χ1) is 8.08. The minimum atomic E-state index is -0.0999. The molecule has 1 aromatic carbocycles. The van der Waals surface area contributed by atoms with Crippen LogP contribution in [0.2, 0.25) is 0 Å². The highest BCUT2D eigenvalue weighted by Gasteiger charge is 2.24. The van der Waals surface area contributed by atoms with Crippen molar-refractivity contribution in [3.8, 4) is 11.5 Å². The Labute approximate surface area is 101 Å². The van der Waals surface area contributed by atoms with Crippen molar-refractivity contribution in [1.82, 2.24) is 5.32 Å². The van der Waals surface area contributed by atoms with Crippen LogP contribution in [0.15, 0.2) is 18.2 Å². The second kappa shape index (κ2) is 4.94.